The van der Waals surface area contributed by atoms with Crippen molar-refractivity contribution in [3.05, 3.63) is 30.1 Å². The van der Waals surface area contributed by atoms with Crippen LogP contribution in [-0.2, 0) is 4.74 Å². The van der Waals surface area contributed by atoms with E-state index in [9.17, 15) is 4.79 Å². The van der Waals surface area contributed by atoms with Crippen molar-refractivity contribution in [2.45, 2.75) is 19.8 Å². The monoisotopic (exact) mass is 295 g/mol. The number of hydrogen-bond donors (Lipinski definition) is 1. The lowest BCUT2D eigenvalue weighted by Gasteiger charge is -2.22. The molecular formula is C14H21N3O2S. The van der Waals surface area contributed by atoms with Gasteiger partial charge in [-0.15, -0.1) is 0 Å². The highest BCUT2D eigenvalue weighted by Gasteiger charge is 2.15. The number of nitrogens with two attached hydrogens (primary N) is 1. The summed E-state index contributed by atoms with van der Waals surface area (Å²) in [6.07, 6.45) is 4.52. The molecule has 0 aromatic carbocycles. The number of carbonyl (C=O) groups excluding carboxylic acids is 1. The summed E-state index contributed by atoms with van der Waals surface area (Å²) < 4.78 is 5.29. The molecule has 0 aliphatic carbocycles. The van der Waals surface area contributed by atoms with Gasteiger partial charge in [0.2, 0.25) is 0 Å². The third kappa shape index (κ3) is 6.08. The average Bonchev–Trinajstić information content (AvgIpc) is 2.46. The van der Waals surface area contributed by atoms with Gasteiger partial charge in [-0.25, -0.2) is 0 Å². The number of rotatable bonds is 9. The molecule has 1 rings (SSSR count). The summed E-state index contributed by atoms with van der Waals surface area (Å²) in [7, 11) is 0. The van der Waals surface area contributed by atoms with Gasteiger partial charge in [-0.1, -0.05) is 12.2 Å². The smallest absolute Gasteiger partial charge is 0.255 e. The molecule has 0 bridgehead atoms. The van der Waals surface area contributed by atoms with Crippen molar-refractivity contribution in [1.29, 1.82) is 0 Å². The molecule has 110 valence electrons. The van der Waals surface area contributed by atoms with Gasteiger partial charge in [-0.2, -0.15) is 0 Å². The minimum Gasteiger partial charge on any atom is -0.393 e. The second-order valence-electron chi connectivity index (χ2n) is 4.30. The highest BCUT2D eigenvalue weighted by atomic mass is 32.1. The Kier molecular flexibility index (Phi) is 7.75. The SMILES string of the molecule is CCOCCCN(CCC(N)=S)C(=O)c1cccnc1. The quantitative estimate of drug-likeness (QED) is 0.554. The minimum absolute atomic E-state index is 0.0501. The minimum atomic E-state index is -0.0501. The summed E-state index contributed by atoms with van der Waals surface area (Å²) >= 11 is 4.87. The molecule has 1 aromatic heterocycles. The van der Waals surface area contributed by atoms with Crippen LogP contribution >= 0.6 is 12.2 Å². The molecule has 0 aliphatic heterocycles. The average molecular weight is 295 g/mol. The highest BCUT2D eigenvalue weighted by molar-refractivity contribution is 7.80. The Bertz CT molecular complexity index is 426. The lowest BCUT2D eigenvalue weighted by molar-refractivity contribution is 0.0730. The molecule has 1 heterocycles. The van der Waals surface area contributed by atoms with Crippen molar-refractivity contribution >= 4 is 23.1 Å². The molecule has 0 unspecified atom stereocenters. The molecule has 5 nitrogen and oxygen atoms in total. The Hall–Kier alpha value is -1.53. The van der Waals surface area contributed by atoms with Crippen LogP contribution in [-0.4, -0.2) is 47.1 Å². The van der Waals surface area contributed by atoms with Crippen molar-refractivity contribution in [2.24, 2.45) is 5.73 Å². The third-order valence-electron chi connectivity index (χ3n) is 2.74. The number of thiocarbonyl (C=S) groups is 1. The van der Waals surface area contributed by atoms with Crippen molar-refractivity contribution in [3.63, 3.8) is 0 Å². The fourth-order valence-electron chi connectivity index (χ4n) is 1.73. The van der Waals surface area contributed by atoms with Crippen LogP contribution in [0.2, 0.25) is 0 Å². The number of aromatic nitrogens is 1. The molecule has 20 heavy (non-hydrogen) atoms. The second kappa shape index (κ2) is 9.39. The van der Waals surface area contributed by atoms with E-state index in [4.69, 9.17) is 22.7 Å². The van der Waals surface area contributed by atoms with Gasteiger partial charge < -0.3 is 15.4 Å². The summed E-state index contributed by atoms with van der Waals surface area (Å²) in [4.78, 5) is 18.5. The zero-order valence-electron chi connectivity index (χ0n) is 11.7. The first kappa shape index (κ1) is 16.5. The van der Waals surface area contributed by atoms with Gasteiger partial charge in [0.25, 0.3) is 5.91 Å². The fourth-order valence-corrected chi connectivity index (χ4v) is 1.82. The van der Waals surface area contributed by atoms with E-state index in [0.29, 0.717) is 43.3 Å². The van der Waals surface area contributed by atoms with Crippen LogP contribution in [0.25, 0.3) is 0 Å². The van der Waals surface area contributed by atoms with Crippen molar-refractivity contribution in [2.75, 3.05) is 26.3 Å². The first-order valence-electron chi connectivity index (χ1n) is 6.70. The molecule has 0 fully saturated rings. The van der Waals surface area contributed by atoms with Gasteiger partial charge in [0.1, 0.15) is 0 Å². The van der Waals surface area contributed by atoms with Gasteiger partial charge in [0.05, 0.1) is 10.6 Å². The number of pyridine rings is 1. The van der Waals surface area contributed by atoms with Crippen molar-refractivity contribution < 1.29 is 9.53 Å². The number of carbonyl (C=O) groups is 1. The van der Waals surface area contributed by atoms with E-state index in [1.165, 1.54) is 0 Å². The van der Waals surface area contributed by atoms with Gasteiger partial charge in [-0.05, 0) is 25.5 Å². The normalized spacial score (nSPS) is 10.2. The number of nitrogens with zero attached hydrogens (tertiary/aromatic N) is 2. The summed E-state index contributed by atoms with van der Waals surface area (Å²) in [6.45, 7) is 4.42. The van der Waals surface area contributed by atoms with Crippen molar-refractivity contribution in [1.82, 2.24) is 9.88 Å². The molecule has 1 amide bonds. The van der Waals surface area contributed by atoms with Crippen LogP contribution in [0.15, 0.2) is 24.5 Å². The van der Waals surface area contributed by atoms with Crippen LogP contribution in [0.3, 0.4) is 0 Å². The third-order valence-corrected chi connectivity index (χ3v) is 2.95. The number of hydrogen-bond acceptors (Lipinski definition) is 4. The molecule has 2 N–H and O–H groups in total. The second-order valence-corrected chi connectivity index (χ2v) is 4.83. The summed E-state index contributed by atoms with van der Waals surface area (Å²) in [5, 5.41) is 0. The van der Waals surface area contributed by atoms with Gasteiger partial charge in [0.15, 0.2) is 0 Å². The van der Waals surface area contributed by atoms with E-state index in [0.717, 1.165) is 6.42 Å². The summed E-state index contributed by atoms with van der Waals surface area (Å²) in [5.41, 5.74) is 6.09. The maximum Gasteiger partial charge on any atom is 0.255 e. The molecule has 0 saturated heterocycles. The molecule has 0 aliphatic rings. The number of amides is 1. The van der Waals surface area contributed by atoms with Crippen LogP contribution in [0.4, 0.5) is 0 Å². The Labute approximate surface area is 125 Å². The molecule has 6 heteroatoms. The van der Waals surface area contributed by atoms with Crippen LogP contribution in [0, 0.1) is 0 Å². The fraction of sp³-hybridized carbons (Fsp3) is 0.500. The van der Waals surface area contributed by atoms with E-state index >= 15 is 0 Å². The van der Waals surface area contributed by atoms with Crippen LogP contribution < -0.4 is 5.73 Å². The van der Waals surface area contributed by atoms with Gasteiger partial charge in [-0.3, -0.25) is 9.78 Å². The van der Waals surface area contributed by atoms with E-state index in [-0.39, 0.29) is 5.91 Å². The maximum atomic E-state index is 12.4. The lowest BCUT2D eigenvalue weighted by atomic mass is 10.2. The van der Waals surface area contributed by atoms with E-state index < -0.39 is 0 Å². The zero-order chi connectivity index (χ0) is 14.8. The first-order valence-corrected chi connectivity index (χ1v) is 7.11. The molecule has 0 atom stereocenters. The summed E-state index contributed by atoms with van der Waals surface area (Å²) in [6, 6.07) is 3.50. The lowest BCUT2D eigenvalue weighted by Crippen LogP contribution is -2.35. The van der Waals surface area contributed by atoms with Gasteiger partial charge >= 0.3 is 0 Å². The highest BCUT2D eigenvalue weighted by Crippen LogP contribution is 2.05. The predicted octanol–water partition coefficient (Wildman–Crippen LogP) is 1.63. The summed E-state index contributed by atoms with van der Waals surface area (Å²) in [5.74, 6) is -0.0501. The molecule has 0 spiro atoms. The topological polar surface area (TPSA) is 68.5 Å². The molecular weight excluding hydrogens is 274 g/mol. The molecule has 0 saturated carbocycles. The predicted molar refractivity (Wildman–Crippen MR) is 82.7 cm³/mol. The molecule has 0 radical (unpaired) electrons. The van der Waals surface area contributed by atoms with E-state index in [2.05, 4.69) is 4.98 Å². The Morgan fingerprint density at radius 2 is 2.30 bits per heavy atom. The van der Waals surface area contributed by atoms with Gasteiger partial charge in [0, 0.05) is 45.1 Å². The Morgan fingerprint density at radius 3 is 2.90 bits per heavy atom. The van der Waals surface area contributed by atoms with Crippen molar-refractivity contribution in [3.8, 4) is 0 Å². The Balaban J connectivity index is 2.60. The van der Waals surface area contributed by atoms with E-state index in [1.807, 2.05) is 6.92 Å². The maximum absolute atomic E-state index is 12.4. The first-order chi connectivity index (χ1) is 9.65. The van der Waals surface area contributed by atoms with Crippen LogP contribution in [0.5, 0.6) is 0 Å². The largest absolute Gasteiger partial charge is 0.393 e. The van der Waals surface area contributed by atoms with Crippen LogP contribution in [0.1, 0.15) is 30.1 Å². The number of ether oxygens (including phenoxy) is 1. The Morgan fingerprint density at radius 1 is 1.50 bits per heavy atom. The zero-order valence-corrected chi connectivity index (χ0v) is 12.6. The molecule has 1 aromatic rings. The van der Waals surface area contributed by atoms with E-state index in [1.54, 1.807) is 29.4 Å². The standard InChI is InChI=1S/C14H21N3O2S/c1-2-19-10-4-8-17(9-6-13(15)20)14(18)12-5-3-7-16-11-12/h3,5,7,11H,2,4,6,8-10H2,1H3,(H2,15,20).